The molecule has 1 aliphatic carbocycles. The van der Waals surface area contributed by atoms with E-state index in [1.807, 2.05) is 24.3 Å². The fourth-order valence-corrected chi connectivity index (χ4v) is 2.62. The molecular weight excluding hydrogens is 246 g/mol. The first-order valence-corrected chi connectivity index (χ1v) is 7.35. The zero-order valence-electron chi connectivity index (χ0n) is 10.8. The van der Waals surface area contributed by atoms with E-state index in [2.05, 4.69) is 5.32 Å². The summed E-state index contributed by atoms with van der Waals surface area (Å²) >= 11 is 6.02. The Balaban J connectivity index is 1.57. The van der Waals surface area contributed by atoms with Gasteiger partial charge in [-0.1, -0.05) is 43.0 Å². The average molecular weight is 268 g/mol. The average Bonchev–Trinajstić information content (AvgIpc) is 2.42. The van der Waals surface area contributed by atoms with E-state index in [-0.39, 0.29) is 0 Å². The molecule has 1 N–H and O–H groups in total. The molecule has 0 aromatic heterocycles. The van der Waals surface area contributed by atoms with Crippen molar-refractivity contribution in [1.29, 1.82) is 0 Å². The van der Waals surface area contributed by atoms with Crippen molar-refractivity contribution < 1.29 is 4.74 Å². The van der Waals surface area contributed by atoms with Crippen LogP contribution in [0.5, 0.6) is 5.75 Å². The first kappa shape index (κ1) is 13.7. The zero-order valence-corrected chi connectivity index (χ0v) is 11.6. The normalized spacial score (nSPS) is 16.7. The van der Waals surface area contributed by atoms with Gasteiger partial charge in [0.2, 0.25) is 0 Å². The summed E-state index contributed by atoms with van der Waals surface area (Å²) in [7, 11) is 0. The van der Waals surface area contributed by atoms with Crippen LogP contribution in [0.1, 0.15) is 38.5 Å². The van der Waals surface area contributed by atoms with Crippen molar-refractivity contribution >= 4 is 11.6 Å². The lowest BCUT2D eigenvalue weighted by Gasteiger charge is -2.22. The van der Waals surface area contributed by atoms with E-state index < -0.39 is 0 Å². The van der Waals surface area contributed by atoms with Crippen LogP contribution in [-0.2, 0) is 0 Å². The van der Waals surface area contributed by atoms with Crippen molar-refractivity contribution in [2.45, 2.75) is 44.6 Å². The molecule has 3 heteroatoms. The van der Waals surface area contributed by atoms with Gasteiger partial charge < -0.3 is 10.1 Å². The summed E-state index contributed by atoms with van der Waals surface area (Å²) in [6, 6.07) is 8.37. The van der Waals surface area contributed by atoms with Gasteiger partial charge in [0, 0.05) is 6.04 Å². The molecule has 0 heterocycles. The summed E-state index contributed by atoms with van der Waals surface area (Å²) < 4.78 is 5.65. The molecule has 2 rings (SSSR count). The van der Waals surface area contributed by atoms with E-state index in [4.69, 9.17) is 16.3 Å². The third-order valence-corrected chi connectivity index (χ3v) is 3.77. The highest BCUT2D eigenvalue weighted by atomic mass is 35.5. The topological polar surface area (TPSA) is 21.3 Å². The second kappa shape index (κ2) is 7.65. The predicted molar refractivity (Wildman–Crippen MR) is 76.4 cm³/mol. The Kier molecular flexibility index (Phi) is 5.82. The van der Waals surface area contributed by atoms with E-state index in [1.165, 1.54) is 32.1 Å². The molecular formula is C15H22ClNO. The Morgan fingerprint density at radius 2 is 1.94 bits per heavy atom. The third-order valence-electron chi connectivity index (χ3n) is 3.45. The molecule has 1 saturated carbocycles. The quantitative estimate of drug-likeness (QED) is 0.786. The Bertz CT molecular complexity index is 350. The van der Waals surface area contributed by atoms with E-state index in [0.29, 0.717) is 5.02 Å². The van der Waals surface area contributed by atoms with Crippen LogP contribution in [-0.4, -0.2) is 19.2 Å². The van der Waals surface area contributed by atoms with Gasteiger partial charge in [0.15, 0.2) is 0 Å². The fourth-order valence-electron chi connectivity index (χ4n) is 2.43. The maximum Gasteiger partial charge on any atom is 0.137 e. The minimum atomic E-state index is 0.692. The summed E-state index contributed by atoms with van der Waals surface area (Å²) in [5.41, 5.74) is 0. The van der Waals surface area contributed by atoms with Gasteiger partial charge in [0.05, 0.1) is 11.6 Å². The maximum absolute atomic E-state index is 6.02. The number of rotatable bonds is 6. The SMILES string of the molecule is Clc1ccccc1OCCCNC1CCCCC1. The van der Waals surface area contributed by atoms with Gasteiger partial charge in [-0.15, -0.1) is 0 Å². The Morgan fingerprint density at radius 1 is 1.17 bits per heavy atom. The van der Waals surface area contributed by atoms with E-state index >= 15 is 0 Å². The van der Waals surface area contributed by atoms with Gasteiger partial charge in [-0.3, -0.25) is 0 Å². The Hall–Kier alpha value is -0.730. The van der Waals surface area contributed by atoms with Crippen molar-refractivity contribution in [3.8, 4) is 5.75 Å². The number of ether oxygens (including phenoxy) is 1. The van der Waals surface area contributed by atoms with Crippen LogP contribution in [0, 0.1) is 0 Å². The highest BCUT2D eigenvalue weighted by Crippen LogP contribution is 2.23. The predicted octanol–water partition coefficient (Wildman–Crippen LogP) is 4.03. The molecule has 0 amide bonds. The number of hydrogen-bond donors (Lipinski definition) is 1. The summed E-state index contributed by atoms with van der Waals surface area (Å²) in [5.74, 6) is 0.789. The Labute approximate surface area is 115 Å². The highest BCUT2D eigenvalue weighted by Gasteiger charge is 2.11. The van der Waals surface area contributed by atoms with Gasteiger partial charge in [0.25, 0.3) is 0 Å². The minimum absolute atomic E-state index is 0.692. The monoisotopic (exact) mass is 267 g/mol. The lowest BCUT2D eigenvalue weighted by Crippen LogP contribution is -2.32. The smallest absolute Gasteiger partial charge is 0.137 e. The van der Waals surface area contributed by atoms with Crippen LogP contribution < -0.4 is 10.1 Å². The van der Waals surface area contributed by atoms with Crippen molar-refractivity contribution in [2.75, 3.05) is 13.2 Å². The van der Waals surface area contributed by atoms with Crippen molar-refractivity contribution in [3.05, 3.63) is 29.3 Å². The van der Waals surface area contributed by atoms with Crippen molar-refractivity contribution in [3.63, 3.8) is 0 Å². The standard InChI is InChI=1S/C15H22ClNO/c16-14-9-4-5-10-15(14)18-12-6-11-17-13-7-2-1-3-8-13/h4-5,9-10,13,17H,1-3,6-8,11-12H2. The fraction of sp³-hybridized carbons (Fsp3) is 0.600. The number of hydrogen-bond acceptors (Lipinski definition) is 2. The van der Waals surface area contributed by atoms with Crippen molar-refractivity contribution in [2.24, 2.45) is 0 Å². The molecule has 100 valence electrons. The summed E-state index contributed by atoms with van der Waals surface area (Å²) in [6.45, 7) is 1.76. The molecule has 1 aliphatic rings. The molecule has 0 atom stereocenters. The number of nitrogens with one attached hydrogen (secondary N) is 1. The molecule has 0 aliphatic heterocycles. The molecule has 18 heavy (non-hydrogen) atoms. The lowest BCUT2D eigenvalue weighted by atomic mass is 9.95. The second-order valence-corrected chi connectivity index (χ2v) is 5.33. The summed E-state index contributed by atoms with van der Waals surface area (Å²) in [5, 5.41) is 4.30. The molecule has 0 radical (unpaired) electrons. The van der Waals surface area contributed by atoms with E-state index in [1.54, 1.807) is 0 Å². The molecule has 0 spiro atoms. The van der Waals surface area contributed by atoms with Crippen LogP contribution in [0.3, 0.4) is 0 Å². The minimum Gasteiger partial charge on any atom is -0.492 e. The van der Waals surface area contributed by atoms with Gasteiger partial charge in [-0.05, 0) is 37.9 Å². The van der Waals surface area contributed by atoms with Crippen LogP contribution in [0.4, 0.5) is 0 Å². The molecule has 1 aromatic carbocycles. The number of halogens is 1. The molecule has 0 bridgehead atoms. The second-order valence-electron chi connectivity index (χ2n) is 4.92. The van der Waals surface area contributed by atoms with Gasteiger partial charge in [-0.25, -0.2) is 0 Å². The van der Waals surface area contributed by atoms with Gasteiger partial charge in [-0.2, -0.15) is 0 Å². The van der Waals surface area contributed by atoms with Gasteiger partial charge >= 0.3 is 0 Å². The molecule has 1 fully saturated rings. The lowest BCUT2D eigenvalue weighted by molar-refractivity contribution is 0.297. The van der Waals surface area contributed by atoms with Gasteiger partial charge in [0.1, 0.15) is 5.75 Å². The van der Waals surface area contributed by atoms with Crippen LogP contribution in [0.15, 0.2) is 24.3 Å². The number of para-hydroxylation sites is 1. The number of benzene rings is 1. The first-order chi connectivity index (χ1) is 8.86. The molecule has 2 nitrogen and oxygen atoms in total. The molecule has 0 saturated heterocycles. The van der Waals surface area contributed by atoms with E-state index in [0.717, 1.165) is 31.4 Å². The summed E-state index contributed by atoms with van der Waals surface area (Å²) in [6.07, 6.45) is 7.88. The first-order valence-electron chi connectivity index (χ1n) is 6.97. The Morgan fingerprint density at radius 3 is 2.72 bits per heavy atom. The zero-order chi connectivity index (χ0) is 12.6. The summed E-state index contributed by atoms with van der Waals surface area (Å²) in [4.78, 5) is 0. The maximum atomic E-state index is 6.02. The molecule has 1 aromatic rings. The third kappa shape index (κ3) is 4.51. The van der Waals surface area contributed by atoms with Crippen LogP contribution in [0.2, 0.25) is 5.02 Å². The largest absolute Gasteiger partial charge is 0.492 e. The van der Waals surface area contributed by atoms with Crippen LogP contribution in [0.25, 0.3) is 0 Å². The van der Waals surface area contributed by atoms with Crippen molar-refractivity contribution in [1.82, 2.24) is 5.32 Å². The highest BCUT2D eigenvalue weighted by molar-refractivity contribution is 6.32. The van der Waals surface area contributed by atoms with E-state index in [9.17, 15) is 0 Å². The van der Waals surface area contributed by atoms with Crippen LogP contribution >= 0.6 is 11.6 Å². The molecule has 0 unspecified atom stereocenters.